The maximum Gasteiger partial charge on any atom is 3.00 e. The van der Waals surface area contributed by atoms with Crippen molar-refractivity contribution < 1.29 is 33.4 Å². The number of fused-ring (bicyclic) bond motifs is 9. The van der Waals surface area contributed by atoms with Crippen LogP contribution in [0.4, 0.5) is 0 Å². The van der Waals surface area contributed by atoms with Crippen LogP contribution in [0.3, 0.4) is 0 Å². The summed E-state index contributed by atoms with van der Waals surface area (Å²) >= 11 is 0. The number of hydrogen-bond donors (Lipinski definition) is 0. The molecule has 0 radical (unpaired) electrons. The molecule has 0 aliphatic heterocycles. The van der Waals surface area contributed by atoms with Crippen LogP contribution in [0.25, 0.3) is 99.6 Å². The Bertz CT molecular complexity index is 3620. The number of hydrogen-bond acceptors (Lipinski definition) is 6. The number of aromatic nitrogens is 3. The van der Waals surface area contributed by atoms with Crippen molar-refractivity contribution >= 4 is 65.8 Å². The van der Waals surface area contributed by atoms with Gasteiger partial charge in [0.15, 0.2) is 0 Å². The Labute approximate surface area is 461 Å². The molecule has 384 valence electrons. The van der Waals surface area contributed by atoms with Crippen molar-refractivity contribution in [1.82, 2.24) is 15.0 Å². The zero-order valence-electron chi connectivity index (χ0n) is 45.9. The Morgan fingerprint density at radius 1 is 0.382 bits per heavy atom. The predicted molar refractivity (Wildman–Crippen MR) is 312 cm³/mol. The largest absolute Gasteiger partial charge is 3.00 e. The van der Waals surface area contributed by atoms with Gasteiger partial charge in [0, 0.05) is 34.7 Å². The van der Waals surface area contributed by atoms with E-state index >= 15 is 0 Å². The molecule has 6 aromatic heterocycles. The van der Waals surface area contributed by atoms with E-state index in [0.29, 0.717) is 0 Å². The second-order valence-corrected chi connectivity index (χ2v) is 22.6. The van der Waals surface area contributed by atoms with Crippen molar-refractivity contribution in [2.75, 3.05) is 0 Å². The Morgan fingerprint density at radius 2 is 0.645 bits per heavy atom. The summed E-state index contributed by atoms with van der Waals surface area (Å²) in [4.78, 5) is 13.8. The maximum atomic E-state index is 6.23. The number of aryl methyl sites for hydroxylation is 3. The number of furan rings is 3. The number of benzene rings is 6. The number of nitrogens with zero attached hydrogens (tertiary/aromatic N) is 3. The first-order valence-corrected chi connectivity index (χ1v) is 26.4. The van der Waals surface area contributed by atoms with Crippen LogP contribution < -0.4 is 0 Å². The van der Waals surface area contributed by atoms with Gasteiger partial charge in [0.2, 0.25) is 0 Å². The SMILES string of the molecule is CCc1c[c-]c(-c2cc(C(C)(C)C)ccn2)c2oc3ccccc3c12.CCc1c[c-]c(-c2cc(C(C)(C)C)ccn2)c2oc3ccccc3c12.CCc1c[c-]c(-c2cc(C(C)(C)C)ccn2)c2oc3ccccc3c12.[Ir+3]. The van der Waals surface area contributed by atoms with Gasteiger partial charge in [-0.05, 0) is 86.4 Å². The Morgan fingerprint density at radius 3 is 0.895 bits per heavy atom. The zero-order chi connectivity index (χ0) is 52.8. The fourth-order valence-corrected chi connectivity index (χ4v) is 10.0. The van der Waals surface area contributed by atoms with Gasteiger partial charge in [0.05, 0.1) is 16.7 Å². The Balaban J connectivity index is 0.000000138. The Hall–Kier alpha value is -7.18. The van der Waals surface area contributed by atoms with Gasteiger partial charge in [0.25, 0.3) is 0 Å². The first kappa shape index (κ1) is 53.6. The van der Waals surface area contributed by atoms with Gasteiger partial charge in [-0.2, -0.15) is 0 Å². The van der Waals surface area contributed by atoms with E-state index in [-0.39, 0.29) is 36.4 Å². The van der Waals surface area contributed by atoms with Crippen LogP contribution in [0, 0.1) is 18.2 Å². The third-order valence-corrected chi connectivity index (χ3v) is 14.4. The molecule has 0 saturated carbocycles. The van der Waals surface area contributed by atoms with Gasteiger partial charge in [-0.15, -0.1) is 53.1 Å². The van der Waals surface area contributed by atoms with Crippen LogP contribution in [0.5, 0.6) is 0 Å². The minimum atomic E-state index is 0. The number of rotatable bonds is 6. The van der Waals surface area contributed by atoms with Gasteiger partial charge in [-0.25, -0.2) is 0 Å². The minimum Gasteiger partial charge on any atom is -0.501 e. The molecule has 0 aliphatic rings. The van der Waals surface area contributed by atoms with Gasteiger partial charge in [-0.1, -0.05) is 208 Å². The quantitative estimate of drug-likeness (QED) is 0.154. The molecular formula is C69H66IrN3O3. The zero-order valence-corrected chi connectivity index (χ0v) is 48.3. The second kappa shape index (κ2) is 21.4. The first-order valence-electron chi connectivity index (χ1n) is 26.4. The third kappa shape index (κ3) is 10.4. The predicted octanol–water partition coefficient (Wildman–Crippen LogP) is 18.9. The molecule has 0 atom stereocenters. The van der Waals surface area contributed by atoms with E-state index in [1.54, 1.807) is 0 Å². The summed E-state index contributed by atoms with van der Waals surface area (Å²) in [7, 11) is 0. The van der Waals surface area contributed by atoms with Crippen LogP contribution in [-0.2, 0) is 55.6 Å². The number of para-hydroxylation sites is 3. The van der Waals surface area contributed by atoms with Crippen molar-refractivity contribution in [3.05, 3.63) is 198 Å². The van der Waals surface area contributed by atoms with Crippen molar-refractivity contribution in [1.29, 1.82) is 0 Å². The monoisotopic (exact) mass is 1180 g/mol. The summed E-state index contributed by atoms with van der Waals surface area (Å²) in [5, 5.41) is 7.06. The average molecular weight is 1180 g/mol. The fourth-order valence-electron chi connectivity index (χ4n) is 10.0. The van der Waals surface area contributed by atoms with E-state index in [9.17, 15) is 0 Å². The van der Waals surface area contributed by atoms with Crippen LogP contribution in [0.1, 0.15) is 116 Å². The van der Waals surface area contributed by atoms with E-state index < -0.39 is 0 Å². The van der Waals surface area contributed by atoms with Crippen LogP contribution >= 0.6 is 0 Å². The second-order valence-electron chi connectivity index (χ2n) is 22.6. The van der Waals surface area contributed by atoms with Gasteiger partial charge in [0.1, 0.15) is 16.7 Å². The first-order chi connectivity index (χ1) is 36.0. The molecule has 0 spiro atoms. The summed E-state index contributed by atoms with van der Waals surface area (Å²) in [5.41, 5.74) is 18.8. The van der Waals surface area contributed by atoms with E-state index in [4.69, 9.17) is 13.3 Å². The molecule has 76 heavy (non-hydrogen) atoms. The molecule has 12 aromatic rings. The van der Waals surface area contributed by atoms with Crippen molar-refractivity contribution in [2.45, 2.75) is 119 Å². The summed E-state index contributed by atoms with van der Waals surface area (Å²) < 4.78 is 18.7. The molecule has 0 N–H and O–H groups in total. The van der Waals surface area contributed by atoms with Crippen molar-refractivity contribution in [3.63, 3.8) is 0 Å². The molecule has 6 nitrogen and oxygen atoms in total. The minimum absolute atomic E-state index is 0. The van der Waals surface area contributed by atoms with Gasteiger partial charge < -0.3 is 28.2 Å². The van der Waals surface area contributed by atoms with E-state index in [1.807, 2.05) is 55.0 Å². The molecule has 0 saturated heterocycles. The number of pyridine rings is 3. The average Bonchev–Trinajstić information content (AvgIpc) is 4.13. The normalized spacial score (nSPS) is 12.0. The standard InChI is InChI=1S/3C23H22NO.Ir/c3*1-5-15-10-11-17(19-14-16(12-13-24-19)23(2,3)4)22-21(15)18-8-6-7-9-20(18)25-22;/h3*6-10,12-14H,5H2,1-4H3;/q3*-1;+3. The van der Waals surface area contributed by atoms with E-state index in [1.165, 1.54) is 49.5 Å². The summed E-state index contributed by atoms with van der Waals surface area (Å²) in [6.07, 6.45) is 8.49. The molecule has 6 heterocycles. The summed E-state index contributed by atoms with van der Waals surface area (Å²) in [6.45, 7) is 26.4. The van der Waals surface area contributed by atoms with E-state index in [2.05, 4.69) is 207 Å². The van der Waals surface area contributed by atoms with Crippen molar-refractivity contribution in [3.8, 4) is 33.8 Å². The van der Waals surface area contributed by atoms with Crippen LogP contribution in [0.15, 0.2) is 159 Å². The molecule has 0 bridgehead atoms. The van der Waals surface area contributed by atoms with Gasteiger partial charge in [-0.3, -0.25) is 0 Å². The topological polar surface area (TPSA) is 78.1 Å². The molecule has 7 heteroatoms. The Kier molecular flexibility index (Phi) is 15.1. The van der Waals surface area contributed by atoms with Crippen molar-refractivity contribution in [2.24, 2.45) is 0 Å². The summed E-state index contributed by atoms with van der Waals surface area (Å²) in [6, 6.07) is 54.0. The smallest absolute Gasteiger partial charge is 0.501 e. The van der Waals surface area contributed by atoms with Crippen LogP contribution in [0.2, 0.25) is 0 Å². The fraction of sp³-hybridized carbons (Fsp3) is 0.261. The summed E-state index contributed by atoms with van der Waals surface area (Å²) in [5.74, 6) is 0. The molecule has 0 fully saturated rings. The molecule has 0 unspecified atom stereocenters. The van der Waals surface area contributed by atoms with Gasteiger partial charge >= 0.3 is 20.1 Å². The molecule has 0 aliphatic carbocycles. The maximum absolute atomic E-state index is 6.23. The molecule has 6 aromatic carbocycles. The van der Waals surface area contributed by atoms with Crippen LogP contribution in [-0.4, -0.2) is 15.0 Å². The third-order valence-electron chi connectivity index (χ3n) is 14.4. The molecule has 12 rings (SSSR count). The molecular weight excluding hydrogens is 1110 g/mol. The van der Waals surface area contributed by atoms with E-state index in [0.717, 1.165) is 103 Å². The molecule has 0 amide bonds.